The second kappa shape index (κ2) is 13.5. The number of hydroxylamine groups is 2. The van der Waals surface area contributed by atoms with Crippen LogP contribution in [0.1, 0.15) is 89.0 Å². The number of benzene rings is 2. The standard InChI is InChI=1S/C37H48N2O11/c1-9-10-24(50-34(41)20-15-36(2,3)39(43)37(4,5)16-20)33(40)38-31-22-14-26-25(48-18-49-26)13-21(22)29(30-23(31)17-47-35(30)42)19-11-27(44-6)32(46-8)28(12-19)45-7/h11-14,20,23-24,29-31,43H,9-10,15-18H2,1-8H3,(H,38,40)/t23-,24?,29+,30-,31+/m0/s1. The van der Waals surface area contributed by atoms with Gasteiger partial charge in [0.1, 0.15) is 0 Å². The van der Waals surface area contributed by atoms with Crippen LogP contribution >= 0.6 is 0 Å². The van der Waals surface area contributed by atoms with Crippen LogP contribution in [0, 0.1) is 17.8 Å². The van der Waals surface area contributed by atoms with Gasteiger partial charge in [0.15, 0.2) is 29.1 Å². The van der Waals surface area contributed by atoms with Gasteiger partial charge in [-0.1, -0.05) is 13.3 Å². The van der Waals surface area contributed by atoms with Crippen molar-refractivity contribution in [3.05, 3.63) is 41.0 Å². The van der Waals surface area contributed by atoms with E-state index in [1.54, 1.807) is 0 Å². The second-order valence-electron chi connectivity index (χ2n) is 14.8. The van der Waals surface area contributed by atoms with Crippen molar-refractivity contribution in [1.82, 2.24) is 10.4 Å². The summed E-state index contributed by atoms with van der Waals surface area (Å²) in [6.07, 6.45) is 0.588. The second-order valence-corrected chi connectivity index (χ2v) is 14.8. The van der Waals surface area contributed by atoms with E-state index in [2.05, 4.69) is 5.32 Å². The monoisotopic (exact) mass is 696 g/mol. The number of rotatable bonds is 10. The van der Waals surface area contributed by atoms with Gasteiger partial charge in [-0.2, -0.15) is 5.06 Å². The molecule has 4 aliphatic rings. The Labute approximate surface area is 292 Å². The molecule has 2 saturated heterocycles. The molecule has 2 aromatic rings. The minimum atomic E-state index is -1.06. The number of cyclic esters (lactones) is 1. The van der Waals surface area contributed by atoms with E-state index in [1.807, 2.05) is 58.9 Å². The number of methoxy groups -OCH3 is 3. The fourth-order valence-electron chi connectivity index (χ4n) is 8.45. The SMILES string of the molecule is CCCC(OC(=O)C1CC(C)(C)N(O)C(C)(C)C1)C(=O)N[C@@H]1c2cc3c(cc2[C@@H](c2cc(OC)c(OC)c(OC)c2)[C@H]2C(=O)OC[C@@H]21)OCO3. The first kappa shape index (κ1) is 35.6. The molecule has 6 rings (SSSR count). The summed E-state index contributed by atoms with van der Waals surface area (Å²) < 4.78 is 40.1. The molecule has 1 amide bonds. The van der Waals surface area contributed by atoms with Gasteiger partial charge in [-0.25, -0.2) is 0 Å². The fraction of sp³-hybridized carbons (Fsp3) is 0.595. The number of esters is 2. The molecule has 50 heavy (non-hydrogen) atoms. The number of carbonyl (C=O) groups excluding carboxylic acids is 3. The number of hydrogen-bond donors (Lipinski definition) is 2. The highest BCUT2D eigenvalue weighted by atomic mass is 16.7. The zero-order chi connectivity index (χ0) is 36.1. The summed E-state index contributed by atoms with van der Waals surface area (Å²) in [6.45, 7) is 9.54. The molecule has 0 spiro atoms. The molecule has 5 atom stereocenters. The molecule has 2 N–H and O–H groups in total. The number of hydrogen-bond acceptors (Lipinski definition) is 12. The molecule has 0 aromatic heterocycles. The van der Waals surface area contributed by atoms with Crippen molar-refractivity contribution in [2.24, 2.45) is 17.8 Å². The molecule has 1 unspecified atom stereocenters. The van der Waals surface area contributed by atoms with Gasteiger partial charge in [-0.3, -0.25) is 14.4 Å². The Morgan fingerprint density at radius 2 is 1.54 bits per heavy atom. The van der Waals surface area contributed by atoms with Gasteiger partial charge in [0, 0.05) is 22.9 Å². The third-order valence-corrected chi connectivity index (χ3v) is 10.6. The number of nitrogens with one attached hydrogen (secondary N) is 1. The minimum absolute atomic E-state index is 0.0380. The van der Waals surface area contributed by atoms with Crippen molar-refractivity contribution >= 4 is 17.8 Å². The first-order valence-electron chi connectivity index (χ1n) is 17.1. The lowest BCUT2D eigenvalue weighted by molar-refractivity contribution is -0.252. The Hall–Kier alpha value is -4.23. The molecule has 0 saturated carbocycles. The summed E-state index contributed by atoms with van der Waals surface area (Å²) in [5.41, 5.74) is 0.893. The summed E-state index contributed by atoms with van der Waals surface area (Å²) in [4.78, 5) is 41.4. The van der Waals surface area contributed by atoms with Gasteiger partial charge in [-0.05, 0) is 87.9 Å². The molecule has 3 heterocycles. The van der Waals surface area contributed by atoms with E-state index >= 15 is 0 Å². The Morgan fingerprint density at radius 1 is 0.940 bits per heavy atom. The molecular weight excluding hydrogens is 648 g/mol. The Bertz CT molecular complexity index is 1610. The third-order valence-electron chi connectivity index (χ3n) is 10.6. The number of nitrogens with zero attached hydrogens (tertiary/aromatic N) is 1. The van der Waals surface area contributed by atoms with Crippen molar-refractivity contribution in [2.45, 2.75) is 89.4 Å². The van der Waals surface area contributed by atoms with Crippen LogP contribution in [0.2, 0.25) is 0 Å². The largest absolute Gasteiger partial charge is 0.493 e. The minimum Gasteiger partial charge on any atom is -0.493 e. The number of piperidine rings is 1. The van der Waals surface area contributed by atoms with Crippen LogP contribution in [0.15, 0.2) is 24.3 Å². The highest BCUT2D eigenvalue weighted by Gasteiger charge is 2.54. The number of amides is 1. The van der Waals surface area contributed by atoms with E-state index in [9.17, 15) is 19.6 Å². The molecule has 13 heteroatoms. The van der Waals surface area contributed by atoms with Crippen molar-refractivity contribution in [3.63, 3.8) is 0 Å². The Balaban J connectivity index is 1.36. The molecule has 2 fully saturated rings. The molecule has 272 valence electrons. The number of fused-ring (bicyclic) bond motifs is 3. The third kappa shape index (κ3) is 6.19. The van der Waals surface area contributed by atoms with E-state index in [1.165, 1.54) is 26.4 Å². The van der Waals surface area contributed by atoms with Gasteiger partial charge in [0.2, 0.25) is 12.5 Å². The number of ether oxygens (including phenoxy) is 7. The number of carbonyl (C=O) groups is 3. The van der Waals surface area contributed by atoms with E-state index in [-0.39, 0.29) is 13.4 Å². The van der Waals surface area contributed by atoms with Gasteiger partial charge < -0.3 is 43.7 Å². The smallest absolute Gasteiger partial charge is 0.310 e. The van der Waals surface area contributed by atoms with E-state index in [0.717, 1.165) is 16.7 Å². The maximum Gasteiger partial charge on any atom is 0.310 e. The van der Waals surface area contributed by atoms with Crippen molar-refractivity contribution in [3.8, 4) is 28.7 Å². The molecule has 1 aliphatic carbocycles. The van der Waals surface area contributed by atoms with Crippen LogP contribution in [-0.2, 0) is 23.9 Å². The van der Waals surface area contributed by atoms with Gasteiger partial charge in [0.25, 0.3) is 5.91 Å². The average molecular weight is 697 g/mol. The van der Waals surface area contributed by atoms with Gasteiger partial charge in [-0.15, -0.1) is 0 Å². The lowest BCUT2D eigenvalue weighted by atomic mass is 9.65. The molecular formula is C37H48N2O11. The average Bonchev–Trinajstić information content (AvgIpc) is 3.71. The first-order valence-corrected chi connectivity index (χ1v) is 17.1. The summed E-state index contributed by atoms with van der Waals surface area (Å²) in [5.74, 6) is -1.17. The first-order chi connectivity index (χ1) is 23.7. The van der Waals surface area contributed by atoms with Crippen LogP contribution in [0.3, 0.4) is 0 Å². The summed E-state index contributed by atoms with van der Waals surface area (Å²) >= 11 is 0. The predicted molar refractivity (Wildman–Crippen MR) is 179 cm³/mol. The van der Waals surface area contributed by atoms with Crippen LogP contribution in [0.5, 0.6) is 28.7 Å². The molecule has 13 nitrogen and oxygen atoms in total. The maximum absolute atomic E-state index is 14.2. The summed E-state index contributed by atoms with van der Waals surface area (Å²) in [6, 6.07) is 6.67. The normalized spacial score (nSPS) is 25.5. The van der Waals surface area contributed by atoms with E-state index in [4.69, 9.17) is 33.2 Å². The van der Waals surface area contributed by atoms with Crippen LogP contribution in [0.4, 0.5) is 0 Å². The van der Waals surface area contributed by atoms with Crippen LogP contribution < -0.4 is 29.0 Å². The molecule has 0 bridgehead atoms. The lowest BCUT2D eigenvalue weighted by Crippen LogP contribution is -2.60. The molecule has 2 aromatic carbocycles. The van der Waals surface area contributed by atoms with Gasteiger partial charge >= 0.3 is 11.9 Å². The Morgan fingerprint density at radius 3 is 2.10 bits per heavy atom. The van der Waals surface area contributed by atoms with Gasteiger partial charge in [0.05, 0.1) is 45.8 Å². The topological polar surface area (TPSA) is 151 Å². The lowest BCUT2D eigenvalue weighted by Gasteiger charge is -2.50. The highest BCUT2D eigenvalue weighted by molar-refractivity contribution is 5.86. The Kier molecular flexibility index (Phi) is 9.59. The highest BCUT2D eigenvalue weighted by Crippen LogP contribution is 2.55. The van der Waals surface area contributed by atoms with Crippen molar-refractivity contribution in [2.75, 3.05) is 34.7 Å². The van der Waals surface area contributed by atoms with E-state index in [0.29, 0.717) is 54.4 Å². The molecule has 0 radical (unpaired) electrons. The van der Waals surface area contributed by atoms with Crippen molar-refractivity contribution in [1.29, 1.82) is 0 Å². The zero-order valence-electron chi connectivity index (χ0n) is 30.0. The van der Waals surface area contributed by atoms with Crippen molar-refractivity contribution < 1.29 is 52.7 Å². The maximum atomic E-state index is 14.2. The fourth-order valence-corrected chi connectivity index (χ4v) is 8.45. The summed E-state index contributed by atoms with van der Waals surface area (Å²) in [7, 11) is 4.59. The predicted octanol–water partition coefficient (Wildman–Crippen LogP) is 4.90. The van der Waals surface area contributed by atoms with Crippen LogP contribution in [0.25, 0.3) is 0 Å². The van der Waals surface area contributed by atoms with E-state index < -0.39 is 64.7 Å². The summed E-state index contributed by atoms with van der Waals surface area (Å²) in [5, 5.41) is 15.2. The van der Waals surface area contributed by atoms with Crippen LogP contribution in [-0.4, -0.2) is 80.0 Å². The zero-order valence-corrected chi connectivity index (χ0v) is 30.0. The quantitative estimate of drug-likeness (QED) is 0.325. The molecule has 3 aliphatic heterocycles.